The smallest absolute Gasteiger partial charge is 0.288 e. The van der Waals surface area contributed by atoms with E-state index in [9.17, 15) is 18.0 Å². The second-order valence-electron chi connectivity index (χ2n) is 2.67. The van der Waals surface area contributed by atoms with E-state index >= 15 is 0 Å². The molecule has 0 aromatic carbocycles. The summed E-state index contributed by atoms with van der Waals surface area (Å²) in [6.45, 7) is -0.0547. The third kappa shape index (κ3) is 2.73. The Morgan fingerprint density at radius 2 is 2.14 bits per heavy atom. The van der Waals surface area contributed by atoms with Crippen LogP contribution in [0.5, 0.6) is 0 Å². The molecule has 78 valence electrons. The summed E-state index contributed by atoms with van der Waals surface area (Å²) in [5.41, 5.74) is -0.806. The van der Waals surface area contributed by atoms with Gasteiger partial charge in [-0.3, -0.25) is 9.36 Å². The van der Waals surface area contributed by atoms with Crippen LogP contribution in [0.1, 0.15) is 5.82 Å². The van der Waals surface area contributed by atoms with Crippen LogP contribution in [0, 0.1) is 6.92 Å². The van der Waals surface area contributed by atoms with Crippen molar-refractivity contribution in [2.45, 2.75) is 19.6 Å². The van der Waals surface area contributed by atoms with E-state index in [2.05, 4.69) is 4.98 Å². The Balaban J connectivity index is 3.16. The zero-order valence-electron chi connectivity index (χ0n) is 7.10. The normalized spacial score (nSPS) is 11.8. The molecule has 0 atom stereocenters. The first-order chi connectivity index (χ1) is 6.29. The molecule has 14 heavy (non-hydrogen) atoms. The molecule has 0 saturated heterocycles. The highest BCUT2D eigenvalue weighted by Gasteiger charge is 2.29. The van der Waals surface area contributed by atoms with Gasteiger partial charge in [-0.25, -0.2) is 4.98 Å². The van der Waals surface area contributed by atoms with Gasteiger partial charge in [-0.15, -0.1) is 0 Å². The van der Waals surface area contributed by atoms with Crippen LogP contribution in [0.3, 0.4) is 0 Å². The summed E-state index contributed by atoms with van der Waals surface area (Å²) >= 11 is 5.39. The molecule has 0 spiro atoms. The van der Waals surface area contributed by atoms with Crippen molar-refractivity contribution in [3.8, 4) is 0 Å². The number of alkyl halides is 3. The van der Waals surface area contributed by atoms with E-state index in [0.29, 0.717) is 4.57 Å². The van der Waals surface area contributed by atoms with Gasteiger partial charge in [0.1, 0.15) is 17.5 Å². The molecule has 1 aromatic heterocycles. The maximum atomic E-state index is 12.0. The molecule has 0 saturated carbocycles. The third-order valence-electron chi connectivity index (χ3n) is 1.51. The third-order valence-corrected chi connectivity index (χ3v) is 1.70. The van der Waals surface area contributed by atoms with Gasteiger partial charge < -0.3 is 0 Å². The molecule has 0 radical (unpaired) electrons. The SMILES string of the molecule is Cc1nc(Cl)cc(=O)n1CC(F)(F)F. The highest BCUT2D eigenvalue weighted by Crippen LogP contribution is 2.17. The summed E-state index contributed by atoms with van der Waals surface area (Å²) in [7, 11) is 0. The Morgan fingerprint density at radius 3 is 2.57 bits per heavy atom. The fourth-order valence-electron chi connectivity index (χ4n) is 0.958. The first-order valence-corrected chi connectivity index (χ1v) is 3.98. The second kappa shape index (κ2) is 3.61. The van der Waals surface area contributed by atoms with Gasteiger partial charge in [-0.1, -0.05) is 11.6 Å². The van der Waals surface area contributed by atoms with E-state index in [1.54, 1.807) is 0 Å². The lowest BCUT2D eigenvalue weighted by Crippen LogP contribution is -2.30. The monoisotopic (exact) mass is 226 g/mol. The second-order valence-corrected chi connectivity index (χ2v) is 3.05. The van der Waals surface area contributed by atoms with Gasteiger partial charge in [0.15, 0.2) is 0 Å². The molecule has 0 fully saturated rings. The topological polar surface area (TPSA) is 34.9 Å². The first kappa shape index (κ1) is 11.0. The molecule has 1 aromatic rings. The lowest BCUT2D eigenvalue weighted by atomic mass is 10.5. The maximum Gasteiger partial charge on any atom is 0.406 e. The predicted molar refractivity (Wildman–Crippen MR) is 44.3 cm³/mol. The quantitative estimate of drug-likeness (QED) is 0.684. The minimum Gasteiger partial charge on any atom is -0.288 e. The van der Waals surface area contributed by atoms with E-state index in [4.69, 9.17) is 11.6 Å². The van der Waals surface area contributed by atoms with Gasteiger partial charge in [-0.05, 0) is 6.92 Å². The summed E-state index contributed by atoms with van der Waals surface area (Å²) in [6.07, 6.45) is -4.44. The summed E-state index contributed by atoms with van der Waals surface area (Å²) in [6, 6.07) is 0.848. The van der Waals surface area contributed by atoms with Gasteiger partial charge in [-0.2, -0.15) is 13.2 Å². The van der Waals surface area contributed by atoms with E-state index in [-0.39, 0.29) is 11.0 Å². The minimum absolute atomic E-state index is 0.0557. The molecule has 1 heterocycles. The van der Waals surface area contributed by atoms with Gasteiger partial charge in [0, 0.05) is 6.07 Å². The Kier molecular flexibility index (Phi) is 2.84. The molecule has 0 aliphatic heterocycles. The maximum absolute atomic E-state index is 12.0. The zero-order chi connectivity index (χ0) is 10.9. The van der Waals surface area contributed by atoms with Crippen LogP contribution < -0.4 is 5.56 Å². The average molecular weight is 227 g/mol. The van der Waals surface area contributed by atoms with Crippen LogP contribution in [-0.4, -0.2) is 15.7 Å². The number of aryl methyl sites for hydroxylation is 1. The van der Waals surface area contributed by atoms with Gasteiger partial charge in [0.05, 0.1) is 0 Å². The van der Waals surface area contributed by atoms with Crippen molar-refractivity contribution in [3.05, 3.63) is 27.4 Å². The van der Waals surface area contributed by atoms with Crippen molar-refractivity contribution in [2.24, 2.45) is 0 Å². The van der Waals surface area contributed by atoms with E-state index in [1.165, 1.54) is 6.92 Å². The van der Waals surface area contributed by atoms with Crippen LogP contribution >= 0.6 is 11.6 Å². The van der Waals surface area contributed by atoms with Gasteiger partial charge >= 0.3 is 6.18 Å². The zero-order valence-corrected chi connectivity index (χ0v) is 7.85. The highest BCUT2D eigenvalue weighted by atomic mass is 35.5. The largest absolute Gasteiger partial charge is 0.406 e. The Morgan fingerprint density at radius 1 is 1.57 bits per heavy atom. The average Bonchev–Trinajstić information content (AvgIpc) is 1.95. The Labute approximate surface area is 82.1 Å². The number of aromatic nitrogens is 2. The highest BCUT2D eigenvalue weighted by molar-refractivity contribution is 6.29. The van der Waals surface area contributed by atoms with Crippen molar-refractivity contribution in [3.63, 3.8) is 0 Å². The number of hydrogen-bond donors (Lipinski definition) is 0. The summed E-state index contributed by atoms with van der Waals surface area (Å²) in [5.74, 6) is -0.0557. The lowest BCUT2D eigenvalue weighted by molar-refractivity contribution is -0.141. The minimum atomic E-state index is -4.44. The van der Waals surface area contributed by atoms with Crippen LogP contribution in [0.2, 0.25) is 5.15 Å². The number of halogens is 4. The lowest BCUT2D eigenvalue weighted by Gasteiger charge is -2.11. The molecule has 7 heteroatoms. The standard InChI is InChI=1S/C7H6ClF3N2O/c1-4-12-5(8)2-6(14)13(4)3-7(9,10)11/h2H,3H2,1H3. The molecular weight excluding hydrogens is 221 g/mol. The van der Waals surface area contributed by atoms with Crippen molar-refractivity contribution < 1.29 is 13.2 Å². The molecule has 0 N–H and O–H groups in total. The molecule has 0 bridgehead atoms. The van der Waals surface area contributed by atoms with Crippen LogP contribution in [-0.2, 0) is 6.54 Å². The van der Waals surface area contributed by atoms with Crippen molar-refractivity contribution in [1.82, 2.24) is 9.55 Å². The van der Waals surface area contributed by atoms with Crippen molar-refractivity contribution in [2.75, 3.05) is 0 Å². The van der Waals surface area contributed by atoms with Crippen molar-refractivity contribution >= 4 is 11.6 Å². The van der Waals surface area contributed by atoms with E-state index in [1.807, 2.05) is 0 Å². The summed E-state index contributed by atoms with van der Waals surface area (Å²) in [5, 5.41) is -0.106. The van der Waals surface area contributed by atoms with Crippen LogP contribution in [0.15, 0.2) is 10.9 Å². The molecule has 0 amide bonds. The summed E-state index contributed by atoms with van der Waals surface area (Å²) in [4.78, 5) is 14.6. The molecule has 0 aliphatic carbocycles. The van der Waals surface area contributed by atoms with Gasteiger partial charge in [0.25, 0.3) is 5.56 Å². The summed E-state index contributed by atoms with van der Waals surface area (Å²) < 4.78 is 36.5. The first-order valence-electron chi connectivity index (χ1n) is 3.60. The Bertz CT molecular complexity index is 399. The van der Waals surface area contributed by atoms with Crippen molar-refractivity contribution in [1.29, 1.82) is 0 Å². The molecule has 0 unspecified atom stereocenters. The number of rotatable bonds is 1. The number of hydrogen-bond acceptors (Lipinski definition) is 2. The van der Waals surface area contributed by atoms with Crippen LogP contribution in [0.4, 0.5) is 13.2 Å². The Hall–Kier alpha value is -1.04. The number of nitrogens with zero attached hydrogens (tertiary/aromatic N) is 2. The fourth-order valence-corrected chi connectivity index (χ4v) is 1.17. The van der Waals surface area contributed by atoms with Crippen LogP contribution in [0.25, 0.3) is 0 Å². The van der Waals surface area contributed by atoms with Gasteiger partial charge in [0.2, 0.25) is 0 Å². The molecule has 0 aliphatic rings. The van der Waals surface area contributed by atoms with E-state index in [0.717, 1.165) is 6.07 Å². The fraction of sp³-hybridized carbons (Fsp3) is 0.429. The molecule has 1 rings (SSSR count). The predicted octanol–water partition coefficient (Wildman–Crippen LogP) is 1.77. The molecule has 3 nitrogen and oxygen atoms in total. The van der Waals surface area contributed by atoms with E-state index < -0.39 is 18.3 Å². The molecular formula is C7H6ClF3N2O.